The Morgan fingerprint density at radius 1 is 1.12 bits per heavy atom. The minimum Gasteiger partial charge on any atom is -0.444 e. The number of alkyl carbamates (subject to hydrolysis) is 1. The number of carbonyl (C=O) groups is 3. The third-order valence-electron chi connectivity index (χ3n) is 2.34. The number of hydrogen-bond acceptors (Lipinski definition) is 6. The first-order valence-electron chi connectivity index (χ1n) is 7.76. The maximum absolute atomic E-state index is 11.8. The summed E-state index contributed by atoms with van der Waals surface area (Å²) in [5.74, 6) is 0.0524. The van der Waals surface area contributed by atoms with Crippen molar-refractivity contribution in [3.8, 4) is 0 Å². The Labute approximate surface area is 142 Å². The number of hydrogen-bond donors (Lipinski definition) is 2. The molecule has 0 fully saturated rings. The van der Waals surface area contributed by atoms with Gasteiger partial charge >= 0.3 is 12.2 Å². The molecule has 0 saturated carbocycles. The van der Waals surface area contributed by atoms with Gasteiger partial charge in [-0.1, -0.05) is 0 Å². The van der Waals surface area contributed by atoms with E-state index >= 15 is 0 Å². The third-order valence-corrected chi connectivity index (χ3v) is 2.34. The number of nitrogens with zero attached hydrogens (tertiary/aromatic N) is 1. The fourth-order valence-electron chi connectivity index (χ4n) is 1.51. The summed E-state index contributed by atoms with van der Waals surface area (Å²) in [6.07, 6.45) is -1.56. The summed E-state index contributed by atoms with van der Waals surface area (Å²) in [4.78, 5) is 37.7. The normalized spacial score (nSPS) is 13.9. The van der Waals surface area contributed by atoms with Gasteiger partial charge < -0.3 is 19.4 Å². The summed E-state index contributed by atoms with van der Waals surface area (Å²) in [6, 6.07) is 0. The number of carbonyl (C=O) groups excluding carboxylic acids is 3. The second-order valence-electron chi connectivity index (χ2n) is 7.26. The van der Waals surface area contributed by atoms with Crippen molar-refractivity contribution in [3.05, 3.63) is 0 Å². The van der Waals surface area contributed by atoms with Crippen LogP contribution in [0.3, 0.4) is 0 Å². The number of nitrogens with one attached hydrogen (secondary N) is 1. The molecule has 0 aliphatic heterocycles. The van der Waals surface area contributed by atoms with Crippen LogP contribution < -0.4 is 5.32 Å². The molecule has 138 valence electrons. The number of amidine groups is 1. The van der Waals surface area contributed by atoms with Crippen molar-refractivity contribution in [2.24, 2.45) is 4.99 Å². The second kappa shape index (κ2) is 9.36. The number of aldehydes is 1. The number of rotatable bonds is 5. The van der Waals surface area contributed by atoms with Crippen LogP contribution in [-0.4, -0.2) is 46.7 Å². The van der Waals surface area contributed by atoms with Gasteiger partial charge in [0, 0.05) is 6.42 Å². The molecule has 0 saturated heterocycles. The van der Waals surface area contributed by atoms with Gasteiger partial charge in [0.25, 0.3) is 0 Å². The summed E-state index contributed by atoms with van der Waals surface area (Å²) in [5, 5.41) is 11.6. The highest BCUT2D eigenvalue weighted by Crippen LogP contribution is 2.10. The molecule has 0 aliphatic carbocycles. The van der Waals surface area contributed by atoms with Crippen molar-refractivity contribution < 1.29 is 29.0 Å². The van der Waals surface area contributed by atoms with E-state index in [1.165, 1.54) is 0 Å². The van der Waals surface area contributed by atoms with Gasteiger partial charge in [-0.15, -0.1) is 0 Å². The zero-order chi connectivity index (χ0) is 19.0. The van der Waals surface area contributed by atoms with Gasteiger partial charge in [0.1, 0.15) is 29.4 Å². The van der Waals surface area contributed by atoms with Crippen molar-refractivity contribution in [1.29, 1.82) is 0 Å². The van der Waals surface area contributed by atoms with Crippen LogP contribution in [-0.2, 0) is 14.3 Å². The minimum atomic E-state index is -1.09. The molecule has 1 atom stereocenters. The molecule has 0 unspecified atom stereocenters. The minimum absolute atomic E-state index is 0.0524. The Bertz CT molecular complexity index is 474. The summed E-state index contributed by atoms with van der Waals surface area (Å²) >= 11 is 0. The molecule has 0 spiro atoms. The molecule has 2 amide bonds. The lowest BCUT2D eigenvalue weighted by atomic mass is 10.1. The van der Waals surface area contributed by atoms with Crippen molar-refractivity contribution in [2.45, 2.75) is 78.1 Å². The van der Waals surface area contributed by atoms with Gasteiger partial charge in [0.2, 0.25) is 0 Å². The SMILES string of the molecule is CC(C)(C)OC(=O)N=C(CCC[C@H](O)C=O)NC(=O)OC(C)(C)C. The zero-order valence-electron chi connectivity index (χ0n) is 15.2. The highest BCUT2D eigenvalue weighted by molar-refractivity contribution is 6.00. The number of aliphatic hydroxyl groups excluding tert-OH is 1. The van der Waals surface area contributed by atoms with E-state index in [1.54, 1.807) is 41.5 Å². The summed E-state index contributed by atoms with van der Waals surface area (Å²) < 4.78 is 10.2. The van der Waals surface area contributed by atoms with Crippen LogP contribution in [0.5, 0.6) is 0 Å². The van der Waals surface area contributed by atoms with Gasteiger partial charge in [0.05, 0.1) is 0 Å². The Hall–Kier alpha value is -1.96. The van der Waals surface area contributed by atoms with Crippen LogP contribution in [0.25, 0.3) is 0 Å². The summed E-state index contributed by atoms with van der Waals surface area (Å²) in [7, 11) is 0. The molecular formula is C16H28N2O6. The van der Waals surface area contributed by atoms with Gasteiger partial charge in [-0.2, -0.15) is 4.99 Å². The monoisotopic (exact) mass is 344 g/mol. The Kier molecular flexibility index (Phi) is 8.60. The third kappa shape index (κ3) is 12.6. The van der Waals surface area contributed by atoms with Crippen molar-refractivity contribution in [2.75, 3.05) is 0 Å². The van der Waals surface area contributed by atoms with Gasteiger partial charge in [-0.3, -0.25) is 5.32 Å². The molecule has 0 rings (SSSR count). The van der Waals surface area contributed by atoms with Gasteiger partial charge in [-0.25, -0.2) is 9.59 Å². The molecule has 0 aromatic heterocycles. The van der Waals surface area contributed by atoms with Crippen LogP contribution in [0.1, 0.15) is 60.8 Å². The van der Waals surface area contributed by atoms with Crippen LogP contribution in [0.2, 0.25) is 0 Å². The van der Waals surface area contributed by atoms with Crippen LogP contribution in [0, 0.1) is 0 Å². The first kappa shape index (κ1) is 22.0. The zero-order valence-corrected chi connectivity index (χ0v) is 15.2. The molecular weight excluding hydrogens is 316 g/mol. The molecule has 0 aliphatic rings. The second-order valence-corrected chi connectivity index (χ2v) is 7.26. The molecule has 8 heteroatoms. The van der Waals surface area contributed by atoms with E-state index in [-0.39, 0.29) is 18.7 Å². The smallest absolute Gasteiger partial charge is 0.435 e. The van der Waals surface area contributed by atoms with Crippen LogP contribution in [0.4, 0.5) is 9.59 Å². The first-order valence-corrected chi connectivity index (χ1v) is 7.76. The van der Waals surface area contributed by atoms with Crippen LogP contribution in [0.15, 0.2) is 4.99 Å². The van der Waals surface area contributed by atoms with E-state index in [0.717, 1.165) is 0 Å². The number of amides is 2. The average molecular weight is 344 g/mol. The van der Waals surface area contributed by atoms with E-state index in [0.29, 0.717) is 12.7 Å². The predicted octanol–water partition coefficient (Wildman–Crippen LogP) is 2.57. The number of ether oxygens (including phenoxy) is 2. The lowest BCUT2D eigenvalue weighted by Crippen LogP contribution is -2.37. The lowest BCUT2D eigenvalue weighted by molar-refractivity contribution is -0.115. The molecule has 0 aromatic carbocycles. The maximum atomic E-state index is 11.8. The molecule has 0 aromatic rings. The van der Waals surface area contributed by atoms with Crippen LogP contribution >= 0.6 is 0 Å². The van der Waals surface area contributed by atoms with E-state index in [2.05, 4.69) is 10.3 Å². The quantitative estimate of drug-likeness (QED) is 0.450. The van der Waals surface area contributed by atoms with E-state index < -0.39 is 29.5 Å². The highest BCUT2D eigenvalue weighted by atomic mass is 16.6. The molecule has 0 heterocycles. The Morgan fingerprint density at radius 2 is 1.67 bits per heavy atom. The van der Waals surface area contributed by atoms with E-state index in [9.17, 15) is 19.5 Å². The van der Waals surface area contributed by atoms with Crippen molar-refractivity contribution in [3.63, 3.8) is 0 Å². The molecule has 2 N–H and O–H groups in total. The highest BCUT2D eigenvalue weighted by Gasteiger charge is 2.20. The predicted molar refractivity (Wildman–Crippen MR) is 89.0 cm³/mol. The first-order chi connectivity index (χ1) is 10.8. The van der Waals surface area contributed by atoms with Crippen molar-refractivity contribution >= 4 is 24.3 Å². The molecule has 0 radical (unpaired) electrons. The Balaban J connectivity index is 4.90. The van der Waals surface area contributed by atoms with Gasteiger partial charge in [0.15, 0.2) is 0 Å². The topological polar surface area (TPSA) is 114 Å². The molecule has 0 bridgehead atoms. The number of aliphatic hydroxyl groups is 1. The van der Waals surface area contributed by atoms with E-state index in [4.69, 9.17) is 9.47 Å². The fourth-order valence-corrected chi connectivity index (χ4v) is 1.51. The fraction of sp³-hybridized carbons (Fsp3) is 0.750. The average Bonchev–Trinajstić information content (AvgIpc) is 2.33. The lowest BCUT2D eigenvalue weighted by Gasteiger charge is -2.20. The standard InChI is InChI=1S/C16H28N2O6/c1-15(2,3)23-13(21)17-12(9-7-8-11(20)10-19)18-14(22)24-16(4,5)6/h10-11,20H,7-9H2,1-6H3,(H,17,18,21,22)/t11-/m0/s1. The maximum Gasteiger partial charge on any atom is 0.435 e. The summed E-state index contributed by atoms with van der Waals surface area (Å²) in [6.45, 7) is 10.2. The summed E-state index contributed by atoms with van der Waals surface area (Å²) in [5.41, 5.74) is -1.42. The largest absolute Gasteiger partial charge is 0.444 e. The van der Waals surface area contributed by atoms with Gasteiger partial charge in [-0.05, 0) is 54.4 Å². The number of aliphatic imine (C=N–C) groups is 1. The van der Waals surface area contributed by atoms with E-state index in [1.807, 2.05) is 0 Å². The Morgan fingerprint density at radius 3 is 2.12 bits per heavy atom. The van der Waals surface area contributed by atoms with Crippen molar-refractivity contribution in [1.82, 2.24) is 5.32 Å². The molecule has 8 nitrogen and oxygen atoms in total. The molecule has 24 heavy (non-hydrogen) atoms.